The third-order valence-corrected chi connectivity index (χ3v) is 4.69. The van der Waals surface area contributed by atoms with Gasteiger partial charge in [-0.2, -0.15) is 0 Å². The lowest BCUT2D eigenvalue weighted by atomic mass is 9.84. The van der Waals surface area contributed by atoms with Crippen molar-refractivity contribution in [3.63, 3.8) is 0 Å². The molecule has 0 aliphatic carbocycles. The Morgan fingerprint density at radius 3 is 1.76 bits per heavy atom. The van der Waals surface area contributed by atoms with Crippen LogP contribution in [0.1, 0.15) is 34.0 Å². The van der Waals surface area contributed by atoms with Crippen molar-refractivity contribution in [3.8, 4) is 23.0 Å². The molecule has 0 aliphatic heterocycles. The molecule has 0 atom stereocenters. The molecule has 1 aromatic carbocycles. The minimum Gasteiger partial charge on any atom is -0.507 e. The molecule has 0 aliphatic rings. The van der Waals surface area contributed by atoms with E-state index in [1.807, 2.05) is 0 Å². The zero-order valence-electron chi connectivity index (χ0n) is 16.5. The first kappa shape index (κ1) is 20.1. The summed E-state index contributed by atoms with van der Waals surface area (Å²) in [6, 6.07) is 7.66. The normalized spacial score (nSPS) is 10.9. The highest BCUT2D eigenvalue weighted by atomic mass is 16.5. The van der Waals surface area contributed by atoms with Crippen molar-refractivity contribution in [1.82, 2.24) is 9.97 Å². The first-order chi connectivity index (χ1) is 13.8. The second kappa shape index (κ2) is 7.75. The third kappa shape index (κ3) is 3.69. The highest BCUT2D eigenvalue weighted by molar-refractivity contribution is 5.56. The lowest BCUT2D eigenvalue weighted by Gasteiger charge is -2.22. The van der Waals surface area contributed by atoms with Gasteiger partial charge in [0.2, 0.25) is 0 Å². The van der Waals surface area contributed by atoms with Gasteiger partial charge in [0.25, 0.3) is 11.1 Å². The van der Waals surface area contributed by atoms with Crippen LogP contribution in [0.25, 0.3) is 0 Å². The van der Waals surface area contributed by atoms with Gasteiger partial charge in [0.15, 0.2) is 0 Å². The van der Waals surface area contributed by atoms with Gasteiger partial charge >= 0.3 is 0 Å². The van der Waals surface area contributed by atoms with Crippen molar-refractivity contribution in [2.45, 2.75) is 19.8 Å². The molecule has 2 aromatic heterocycles. The number of ether oxygens (including phenoxy) is 2. The Hall–Kier alpha value is -3.68. The largest absolute Gasteiger partial charge is 0.507 e. The van der Waals surface area contributed by atoms with Crippen LogP contribution in [-0.2, 0) is 0 Å². The standard InChI is InChI=1S/C21H22N2O6/c1-10-7-14(24)18(20(26)22-10)17(19-15(25)8-11(2)23-21(19)27)13-9-12(28-3)5-6-16(13)29-4/h5-9,17H,1-4H3,(H2,22,24,26)(H2,23,25,27). The SMILES string of the molecule is COc1ccc(OC)c(C(c2c(O)cc(C)[nH]c2=O)c2c(O)cc(C)[nH]c2=O)c1. The summed E-state index contributed by atoms with van der Waals surface area (Å²) in [4.78, 5) is 30.9. The fourth-order valence-electron chi connectivity index (χ4n) is 3.44. The molecule has 29 heavy (non-hydrogen) atoms. The third-order valence-electron chi connectivity index (χ3n) is 4.69. The van der Waals surface area contributed by atoms with Gasteiger partial charge < -0.3 is 29.7 Å². The quantitative estimate of drug-likeness (QED) is 0.523. The van der Waals surface area contributed by atoms with E-state index in [-0.39, 0.29) is 22.6 Å². The molecular formula is C21H22N2O6. The van der Waals surface area contributed by atoms with Crippen molar-refractivity contribution in [1.29, 1.82) is 0 Å². The fraction of sp³-hybridized carbons (Fsp3) is 0.238. The van der Waals surface area contributed by atoms with E-state index < -0.39 is 17.0 Å². The highest BCUT2D eigenvalue weighted by Crippen LogP contribution is 2.42. The van der Waals surface area contributed by atoms with E-state index in [2.05, 4.69) is 9.97 Å². The number of aryl methyl sites for hydroxylation is 2. The number of methoxy groups -OCH3 is 2. The summed E-state index contributed by atoms with van der Waals surface area (Å²) < 4.78 is 10.7. The number of aromatic amines is 2. The molecule has 0 radical (unpaired) electrons. The van der Waals surface area contributed by atoms with Crippen LogP contribution in [0.4, 0.5) is 0 Å². The molecular weight excluding hydrogens is 376 g/mol. The minimum absolute atomic E-state index is 0.0909. The second-order valence-electron chi connectivity index (χ2n) is 6.70. The molecule has 0 saturated heterocycles. The average molecular weight is 398 g/mol. The van der Waals surface area contributed by atoms with Crippen LogP contribution in [0.3, 0.4) is 0 Å². The van der Waals surface area contributed by atoms with Gasteiger partial charge in [-0.25, -0.2) is 0 Å². The van der Waals surface area contributed by atoms with Crippen LogP contribution >= 0.6 is 0 Å². The van der Waals surface area contributed by atoms with Gasteiger partial charge in [-0.3, -0.25) is 9.59 Å². The maximum absolute atomic E-state index is 12.8. The number of aromatic nitrogens is 2. The fourth-order valence-corrected chi connectivity index (χ4v) is 3.44. The highest BCUT2D eigenvalue weighted by Gasteiger charge is 2.31. The maximum atomic E-state index is 12.8. The van der Waals surface area contributed by atoms with E-state index in [0.29, 0.717) is 28.5 Å². The minimum atomic E-state index is -1.12. The molecule has 2 heterocycles. The van der Waals surface area contributed by atoms with Gasteiger partial charge in [0, 0.05) is 17.0 Å². The predicted octanol–water partition coefficient (Wildman–Crippen LogP) is 2.29. The summed E-state index contributed by atoms with van der Waals surface area (Å²) in [5.74, 6) is -0.916. The molecule has 0 amide bonds. The summed E-state index contributed by atoms with van der Waals surface area (Å²) in [6.45, 7) is 3.25. The van der Waals surface area contributed by atoms with Crippen LogP contribution in [0.15, 0.2) is 39.9 Å². The molecule has 0 fully saturated rings. The monoisotopic (exact) mass is 398 g/mol. The van der Waals surface area contributed by atoms with Crippen LogP contribution in [0.2, 0.25) is 0 Å². The van der Waals surface area contributed by atoms with Gasteiger partial charge in [-0.15, -0.1) is 0 Å². The second-order valence-corrected chi connectivity index (χ2v) is 6.70. The van der Waals surface area contributed by atoms with Gasteiger partial charge in [0.1, 0.15) is 23.0 Å². The number of nitrogens with one attached hydrogen (secondary N) is 2. The Kier molecular flexibility index (Phi) is 5.36. The number of hydrogen-bond donors (Lipinski definition) is 4. The molecule has 3 aromatic rings. The Bertz CT molecular complexity index is 1110. The Morgan fingerprint density at radius 2 is 1.34 bits per heavy atom. The molecule has 4 N–H and O–H groups in total. The molecule has 0 bridgehead atoms. The van der Waals surface area contributed by atoms with E-state index in [1.54, 1.807) is 32.0 Å². The zero-order valence-corrected chi connectivity index (χ0v) is 16.5. The number of hydrogen-bond acceptors (Lipinski definition) is 6. The van der Waals surface area contributed by atoms with Gasteiger partial charge in [0.05, 0.1) is 31.3 Å². The van der Waals surface area contributed by atoms with Crippen LogP contribution < -0.4 is 20.6 Å². The number of pyridine rings is 2. The van der Waals surface area contributed by atoms with Crippen LogP contribution in [0.5, 0.6) is 23.0 Å². The summed E-state index contributed by atoms with van der Waals surface area (Å²) in [5, 5.41) is 21.2. The molecule has 8 heteroatoms. The van der Waals surface area contributed by atoms with Crippen molar-refractivity contribution < 1.29 is 19.7 Å². The Labute approximate surface area is 166 Å². The summed E-state index contributed by atoms with van der Waals surface area (Å²) >= 11 is 0. The molecule has 0 saturated carbocycles. The molecule has 0 spiro atoms. The van der Waals surface area contributed by atoms with Gasteiger partial charge in [-0.1, -0.05) is 0 Å². The van der Waals surface area contributed by atoms with E-state index >= 15 is 0 Å². The van der Waals surface area contributed by atoms with E-state index in [0.717, 1.165) is 0 Å². The average Bonchev–Trinajstić information content (AvgIpc) is 2.64. The number of rotatable bonds is 5. The van der Waals surface area contributed by atoms with Crippen molar-refractivity contribution >= 4 is 0 Å². The summed E-state index contributed by atoms with van der Waals surface area (Å²) in [5.41, 5.74) is -0.0717. The number of aromatic hydroxyl groups is 2. The lowest BCUT2D eigenvalue weighted by molar-refractivity contribution is 0.396. The molecule has 8 nitrogen and oxygen atoms in total. The molecule has 3 rings (SSSR count). The van der Waals surface area contributed by atoms with Crippen molar-refractivity contribution in [2.24, 2.45) is 0 Å². The first-order valence-corrected chi connectivity index (χ1v) is 8.84. The predicted molar refractivity (Wildman–Crippen MR) is 107 cm³/mol. The smallest absolute Gasteiger partial charge is 0.256 e. The van der Waals surface area contributed by atoms with Gasteiger partial charge in [-0.05, 0) is 44.2 Å². The maximum Gasteiger partial charge on any atom is 0.256 e. The Balaban J connectivity index is 2.46. The number of H-pyrrole nitrogens is 2. The van der Waals surface area contributed by atoms with Crippen molar-refractivity contribution in [3.05, 3.63) is 79.1 Å². The summed E-state index contributed by atoms with van der Waals surface area (Å²) in [6.07, 6.45) is 0. The van der Waals surface area contributed by atoms with E-state index in [9.17, 15) is 19.8 Å². The van der Waals surface area contributed by atoms with Crippen LogP contribution in [0, 0.1) is 13.8 Å². The summed E-state index contributed by atoms with van der Waals surface area (Å²) in [7, 11) is 2.92. The topological polar surface area (TPSA) is 125 Å². The first-order valence-electron chi connectivity index (χ1n) is 8.84. The van der Waals surface area contributed by atoms with Crippen LogP contribution in [-0.4, -0.2) is 34.4 Å². The molecule has 0 unspecified atom stereocenters. The Morgan fingerprint density at radius 1 is 0.828 bits per heavy atom. The lowest BCUT2D eigenvalue weighted by Crippen LogP contribution is -2.25. The number of benzene rings is 1. The van der Waals surface area contributed by atoms with E-state index in [4.69, 9.17) is 9.47 Å². The van der Waals surface area contributed by atoms with E-state index in [1.165, 1.54) is 26.4 Å². The molecule has 152 valence electrons. The zero-order chi connectivity index (χ0) is 21.3. The van der Waals surface area contributed by atoms with Crippen molar-refractivity contribution in [2.75, 3.05) is 14.2 Å².